The molecule has 10 nitrogen and oxygen atoms in total. The third kappa shape index (κ3) is 3.66. The van der Waals surface area contributed by atoms with Gasteiger partial charge in [0.1, 0.15) is 12.4 Å². The molecule has 34 heavy (non-hydrogen) atoms. The Morgan fingerprint density at radius 2 is 2.00 bits per heavy atom. The van der Waals surface area contributed by atoms with Crippen molar-refractivity contribution in [3.05, 3.63) is 65.6 Å². The minimum atomic E-state index is -0.189. The highest BCUT2D eigenvalue weighted by atomic mass is 16.5. The minimum absolute atomic E-state index is 0.0925. The van der Waals surface area contributed by atoms with Gasteiger partial charge >= 0.3 is 0 Å². The molecule has 1 N–H and O–H groups in total. The number of carbonyl (C=O) groups is 1. The molecule has 0 fully saturated rings. The molecule has 4 aromatic rings. The lowest BCUT2D eigenvalue weighted by atomic mass is 9.85. The van der Waals surface area contributed by atoms with E-state index in [1.807, 2.05) is 51.1 Å². The highest BCUT2D eigenvalue weighted by Gasteiger charge is 2.33. The third-order valence-corrected chi connectivity index (χ3v) is 5.75. The second-order valence-electron chi connectivity index (χ2n) is 8.01. The van der Waals surface area contributed by atoms with Crippen LogP contribution in [0.15, 0.2) is 43.0 Å². The highest BCUT2D eigenvalue weighted by Crippen LogP contribution is 2.42. The number of rotatable bonds is 7. The second-order valence-corrected chi connectivity index (χ2v) is 8.01. The van der Waals surface area contributed by atoms with Gasteiger partial charge < -0.3 is 14.8 Å². The van der Waals surface area contributed by atoms with Crippen molar-refractivity contribution < 1.29 is 14.3 Å². The monoisotopic (exact) mass is 459 g/mol. The fourth-order valence-electron chi connectivity index (χ4n) is 4.27. The zero-order valence-corrected chi connectivity index (χ0v) is 19.3. The lowest BCUT2D eigenvalue weighted by Crippen LogP contribution is -2.25. The number of hydrogen-bond donors (Lipinski definition) is 1. The SMILES string of the molecule is C=CCOc1ccc([C@@H]2CC(=O)Nc3c2c(C)nn3-c2ccc3nnc(C)n3n2)cc1OCC. The molecule has 0 spiro atoms. The number of amides is 1. The Morgan fingerprint density at radius 3 is 2.79 bits per heavy atom. The predicted molar refractivity (Wildman–Crippen MR) is 126 cm³/mol. The first-order valence-corrected chi connectivity index (χ1v) is 11.1. The van der Waals surface area contributed by atoms with Gasteiger partial charge in [0.15, 0.2) is 28.8 Å². The lowest BCUT2D eigenvalue weighted by Gasteiger charge is -2.25. The molecule has 0 radical (unpaired) electrons. The molecule has 10 heteroatoms. The molecule has 5 rings (SSSR count). The largest absolute Gasteiger partial charge is 0.490 e. The summed E-state index contributed by atoms with van der Waals surface area (Å²) in [6.07, 6.45) is 1.99. The lowest BCUT2D eigenvalue weighted by molar-refractivity contribution is -0.116. The van der Waals surface area contributed by atoms with E-state index < -0.39 is 0 Å². The summed E-state index contributed by atoms with van der Waals surface area (Å²) >= 11 is 0. The fraction of sp³-hybridized carbons (Fsp3) is 0.292. The number of anilines is 1. The Kier molecular flexibility index (Phi) is 5.48. The van der Waals surface area contributed by atoms with Crippen molar-refractivity contribution in [3.8, 4) is 17.3 Å². The highest BCUT2D eigenvalue weighted by molar-refractivity contribution is 5.95. The molecule has 1 amide bonds. The van der Waals surface area contributed by atoms with Gasteiger partial charge in [-0.25, -0.2) is 0 Å². The van der Waals surface area contributed by atoms with Crippen LogP contribution in [0.4, 0.5) is 5.82 Å². The van der Waals surface area contributed by atoms with Gasteiger partial charge in [0, 0.05) is 17.9 Å². The molecule has 0 unspecified atom stereocenters. The Hall–Kier alpha value is -4.21. The number of hydrogen-bond acceptors (Lipinski definition) is 7. The zero-order valence-electron chi connectivity index (χ0n) is 19.3. The van der Waals surface area contributed by atoms with Gasteiger partial charge in [-0.3, -0.25) is 4.79 Å². The van der Waals surface area contributed by atoms with Crippen molar-refractivity contribution in [1.82, 2.24) is 29.6 Å². The van der Waals surface area contributed by atoms with Crippen LogP contribution in [-0.2, 0) is 4.79 Å². The molecule has 4 heterocycles. The minimum Gasteiger partial charge on any atom is -0.490 e. The molecule has 3 aromatic heterocycles. The van der Waals surface area contributed by atoms with Crippen LogP contribution in [0.5, 0.6) is 11.5 Å². The number of ether oxygens (including phenoxy) is 2. The Labute approximate surface area is 196 Å². The average Bonchev–Trinajstić information content (AvgIpc) is 3.37. The fourth-order valence-corrected chi connectivity index (χ4v) is 4.27. The smallest absolute Gasteiger partial charge is 0.226 e. The maximum absolute atomic E-state index is 12.8. The first-order chi connectivity index (χ1) is 16.5. The molecule has 1 aliphatic rings. The first-order valence-electron chi connectivity index (χ1n) is 11.1. The van der Waals surface area contributed by atoms with E-state index in [4.69, 9.17) is 14.6 Å². The summed E-state index contributed by atoms with van der Waals surface area (Å²) in [5.41, 5.74) is 3.35. The summed E-state index contributed by atoms with van der Waals surface area (Å²) in [6, 6.07) is 9.42. The number of aryl methyl sites for hydroxylation is 2. The molecule has 1 atom stereocenters. The van der Waals surface area contributed by atoms with Gasteiger partial charge in [-0.1, -0.05) is 18.7 Å². The van der Waals surface area contributed by atoms with Crippen molar-refractivity contribution >= 4 is 17.4 Å². The van der Waals surface area contributed by atoms with Crippen molar-refractivity contribution in [2.75, 3.05) is 18.5 Å². The van der Waals surface area contributed by atoms with E-state index in [1.54, 1.807) is 15.3 Å². The van der Waals surface area contributed by atoms with Crippen molar-refractivity contribution in [2.24, 2.45) is 0 Å². The molecule has 0 bridgehead atoms. The second kappa shape index (κ2) is 8.62. The van der Waals surface area contributed by atoms with Crippen LogP contribution < -0.4 is 14.8 Å². The summed E-state index contributed by atoms with van der Waals surface area (Å²) in [5, 5.41) is 20.5. The summed E-state index contributed by atoms with van der Waals surface area (Å²) in [6.45, 7) is 10.3. The number of fused-ring (bicyclic) bond motifs is 2. The van der Waals surface area contributed by atoms with Crippen LogP contribution in [0.25, 0.3) is 11.5 Å². The van der Waals surface area contributed by atoms with Crippen LogP contribution in [-0.4, -0.2) is 48.7 Å². The van der Waals surface area contributed by atoms with Gasteiger partial charge in [0.05, 0.1) is 12.3 Å². The van der Waals surface area contributed by atoms with Crippen LogP contribution >= 0.6 is 0 Å². The quantitative estimate of drug-likeness (QED) is 0.422. The summed E-state index contributed by atoms with van der Waals surface area (Å²) in [5.74, 6) is 2.83. The van der Waals surface area contributed by atoms with Crippen LogP contribution in [0.1, 0.15) is 41.9 Å². The standard InChI is InChI=1S/C24H25N7O3/c1-5-11-34-18-8-7-16(12-19(18)33-6-2)17-13-22(32)25-24-23(17)14(3)28-31(24)21-10-9-20-27-26-15(4)30(20)29-21/h5,7-10,12,17H,1,6,11,13H2,2-4H3,(H,25,32)/t17-/m0/s1. The van der Waals surface area contributed by atoms with E-state index in [0.717, 1.165) is 16.8 Å². The molecule has 174 valence electrons. The summed E-state index contributed by atoms with van der Waals surface area (Å²) in [4.78, 5) is 12.8. The molecular weight excluding hydrogens is 434 g/mol. The van der Waals surface area contributed by atoms with E-state index in [0.29, 0.717) is 54.2 Å². The number of nitrogens with zero attached hydrogens (tertiary/aromatic N) is 6. The van der Waals surface area contributed by atoms with Crippen LogP contribution in [0.2, 0.25) is 0 Å². The number of aromatic nitrogens is 6. The van der Waals surface area contributed by atoms with E-state index in [-0.39, 0.29) is 11.8 Å². The zero-order chi connectivity index (χ0) is 23.8. The van der Waals surface area contributed by atoms with E-state index in [1.165, 1.54) is 0 Å². The average molecular weight is 460 g/mol. The summed E-state index contributed by atoms with van der Waals surface area (Å²) in [7, 11) is 0. The molecule has 0 saturated heterocycles. The van der Waals surface area contributed by atoms with Crippen LogP contribution in [0, 0.1) is 13.8 Å². The number of nitrogens with one attached hydrogen (secondary N) is 1. The topological polar surface area (TPSA) is 108 Å². The predicted octanol–water partition coefficient (Wildman–Crippen LogP) is 3.36. The normalized spacial score (nSPS) is 15.1. The molecular formula is C24H25N7O3. The number of benzene rings is 1. The van der Waals surface area contributed by atoms with E-state index in [9.17, 15) is 4.79 Å². The molecule has 1 aromatic carbocycles. The maximum Gasteiger partial charge on any atom is 0.226 e. The maximum atomic E-state index is 12.8. The number of carbonyl (C=O) groups excluding carboxylic acids is 1. The van der Waals surface area contributed by atoms with Crippen molar-refractivity contribution in [1.29, 1.82) is 0 Å². The van der Waals surface area contributed by atoms with Gasteiger partial charge in [-0.15, -0.1) is 15.3 Å². The molecule has 0 aliphatic carbocycles. The molecule has 0 saturated carbocycles. The van der Waals surface area contributed by atoms with Crippen molar-refractivity contribution in [2.45, 2.75) is 33.1 Å². The Balaban J connectivity index is 1.60. The van der Waals surface area contributed by atoms with Gasteiger partial charge in [-0.05, 0) is 50.6 Å². The summed E-state index contributed by atoms with van der Waals surface area (Å²) < 4.78 is 14.9. The molecule has 1 aliphatic heterocycles. The van der Waals surface area contributed by atoms with E-state index >= 15 is 0 Å². The Bertz CT molecular complexity index is 1410. The van der Waals surface area contributed by atoms with Gasteiger partial charge in [0.2, 0.25) is 5.91 Å². The van der Waals surface area contributed by atoms with E-state index in [2.05, 4.69) is 27.2 Å². The van der Waals surface area contributed by atoms with Gasteiger partial charge in [-0.2, -0.15) is 14.3 Å². The Morgan fingerprint density at radius 1 is 1.15 bits per heavy atom. The van der Waals surface area contributed by atoms with Crippen molar-refractivity contribution in [3.63, 3.8) is 0 Å². The van der Waals surface area contributed by atoms with Gasteiger partial charge in [0.25, 0.3) is 0 Å². The van der Waals surface area contributed by atoms with Crippen LogP contribution in [0.3, 0.4) is 0 Å². The third-order valence-electron chi connectivity index (χ3n) is 5.75. The first kappa shape index (κ1) is 21.6.